The zero-order valence-electron chi connectivity index (χ0n) is 9.56. The lowest BCUT2D eigenvalue weighted by Crippen LogP contribution is -2.30. The van der Waals surface area contributed by atoms with E-state index in [-0.39, 0.29) is 18.3 Å². The number of nitrogens with two attached hydrogens (primary N) is 1. The summed E-state index contributed by atoms with van der Waals surface area (Å²) < 4.78 is 0. The highest BCUT2D eigenvalue weighted by molar-refractivity contribution is 5.85. The highest BCUT2D eigenvalue weighted by atomic mass is 35.5. The molecule has 1 fully saturated rings. The Bertz CT molecular complexity index is 435. The van der Waals surface area contributed by atoms with Crippen LogP contribution in [0.4, 0.5) is 0 Å². The Kier molecular flexibility index (Phi) is 3.40. The summed E-state index contributed by atoms with van der Waals surface area (Å²) in [7, 11) is 0. The first-order chi connectivity index (χ1) is 7.81. The second kappa shape index (κ2) is 4.67. The quantitative estimate of drug-likeness (QED) is 0.850. The van der Waals surface area contributed by atoms with Crippen molar-refractivity contribution in [1.82, 2.24) is 5.32 Å². The van der Waals surface area contributed by atoms with Crippen molar-refractivity contribution in [3.05, 3.63) is 35.4 Å². The summed E-state index contributed by atoms with van der Waals surface area (Å²) in [6.07, 6.45) is 1.56. The Labute approximate surface area is 107 Å². The first kappa shape index (κ1) is 12.4. The monoisotopic (exact) mass is 252 g/mol. The molecule has 92 valence electrons. The van der Waals surface area contributed by atoms with Crippen molar-refractivity contribution in [2.75, 3.05) is 6.54 Å². The van der Waals surface area contributed by atoms with Gasteiger partial charge in [-0.25, -0.2) is 0 Å². The van der Waals surface area contributed by atoms with E-state index < -0.39 is 0 Å². The maximum Gasteiger partial charge on any atom is 0.221 e. The largest absolute Gasteiger partial charge is 0.352 e. The van der Waals surface area contributed by atoms with Gasteiger partial charge in [-0.05, 0) is 23.5 Å². The van der Waals surface area contributed by atoms with Crippen molar-refractivity contribution in [3.8, 4) is 0 Å². The van der Waals surface area contributed by atoms with Gasteiger partial charge < -0.3 is 11.1 Å². The summed E-state index contributed by atoms with van der Waals surface area (Å²) in [4.78, 5) is 11.4. The number of carbonyl (C=O) groups excluding carboxylic acids is 1. The second-order valence-corrected chi connectivity index (χ2v) is 4.72. The topological polar surface area (TPSA) is 55.1 Å². The summed E-state index contributed by atoms with van der Waals surface area (Å²) in [6, 6.07) is 8.92. The Balaban J connectivity index is 0.00000108. The van der Waals surface area contributed by atoms with Crippen molar-refractivity contribution in [2.24, 2.45) is 11.7 Å². The molecule has 3 rings (SSSR count). The van der Waals surface area contributed by atoms with Gasteiger partial charge in [-0.1, -0.05) is 24.3 Å². The first-order valence-corrected chi connectivity index (χ1v) is 5.88. The van der Waals surface area contributed by atoms with Crippen molar-refractivity contribution in [2.45, 2.75) is 24.8 Å². The lowest BCUT2D eigenvalue weighted by molar-refractivity contribution is -0.121. The van der Waals surface area contributed by atoms with Gasteiger partial charge in [0.1, 0.15) is 0 Å². The number of amides is 1. The maximum atomic E-state index is 11.4. The van der Waals surface area contributed by atoms with Crippen molar-refractivity contribution in [1.29, 1.82) is 0 Å². The fourth-order valence-corrected chi connectivity index (χ4v) is 2.94. The molecule has 3 atom stereocenters. The minimum absolute atomic E-state index is 0. The van der Waals surface area contributed by atoms with Gasteiger partial charge >= 0.3 is 0 Å². The van der Waals surface area contributed by atoms with Crippen molar-refractivity contribution < 1.29 is 4.79 Å². The van der Waals surface area contributed by atoms with Gasteiger partial charge in [0.25, 0.3) is 0 Å². The van der Waals surface area contributed by atoms with E-state index in [4.69, 9.17) is 5.73 Å². The van der Waals surface area contributed by atoms with Crippen LogP contribution >= 0.6 is 12.4 Å². The van der Waals surface area contributed by atoms with E-state index in [9.17, 15) is 4.79 Å². The highest BCUT2D eigenvalue weighted by Gasteiger charge is 2.55. The van der Waals surface area contributed by atoms with Crippen molar-refractivity contribution in [3.63, 3.8) is 0 Å². The van der Waals surface area contributed by atoms with E-state index >= 15 is 0 Å². The minimum atomic E-state index is 0. The number of hydrogen-bond donors (Lipinski definition) is 2. The molecule has 1 aromatic rings. The van der Waals surface area contributed by atoms with Gasteiger partial charge in [0.15, 0.2) is 0 Å². The molecule has 4 heteroatoms. The molecule has 1 saturated carbocycles. The SMILES string of the molecule is Cl.NCCC(=O)NC1C2Cc3ccccc3C21. The third-order valence-corrected chi connectivity index (χ3v) is 3.74. The average molecular weight is 253 g/mol. The number of halogens is 1. The molecule has 0 saturated heterocycles. The Morgan fingerprint density at radius 1 is 1.41 bits per heavy atom. The smallest absolute Gasteiger partial charge is 0.221 e. The Morgan fingerprint density at radius 2 is 2.18 bits per heavy atom. The molecule has 3 unspecified atom stereocenters. The lowest BCUT2D eigenvalue weighted by atomic mass is 10.1. The fourth-order valence-electron chi connectivity index (χ4n) is 2.94. The molecule has 3 N–H and O–H groups in total. The Morgan fingerprint density at radius 3 is 2.94 bits per heavy atom. The fraction of sp³-hybridized carbons (Fsp3) is 0.462. The van der Waals surface area contributed by atoms with Crippen LogP contribution in [-0.4, -0.2) is 18.5 Å². The maximum absolute atomic E-state index is 11.4. The average Bonchev–Trinajstić information content (AvgIpc) is 2.80. The Hall–Kier alpha value is -1.06. The van der Waals surface area contributed by atoms with Gasteiger partial charge in [0.05, 0.1) is 0 Å². The van der Waals surface area contributed by atoms with Crippen LogP contribution < -0.4 is 11.1 Å². The van der Waals surface area contributed by atoms with E-state index in [1.165, 1.54) is 11.1 Å². The lowest BCUT2D eigenvalue weighted by Gasteiger charge is -2.08. The molecule has 2 aliphatic carbocycles. The molecule has 0 bridgehead atoms. The first-order valence-electron chi connectivity index (χ1n) is 5.88. The van der Waals surface area contributed by atoms with Crippen LogP contribution in [0, 0.1) is 5.92 Å². The molecule has 0 spiro atoms. The predicted octanol–water partition coefficient (Wildman–Crippen LogP) is 1.21. The molecule has 2 aliphatic rings. The molecule has 0 aliphatic heterocycles. The molecule has 0 heterocycles. The number of nitrogens with one attached hydrogen (secondary N) is 1. The normalized spacial score (nSPS) is 27.7. The molecule has 0 radical (unpaired) electrons. The van der Waals surface area contributed by atoms with Gasteiger partial charge in [-0.3, -0.25) is 4.79 Å². The van der Waals surface area contributed by atoms with E-state index in [0.717, 1.165) is 6.42 Å². The van der Waals surface area contributed by atoms with E-state index in [1.54, 1.807) is 0 Å². The van der Waals surface area contributed by atoms with E-state index in [0.29, 0.717) is 30.8 Å². The summed E-state index contributed by atoms with van der Waals surface area (Å²) in [6.45, 7) is 0.435. The van der Waals surface area contributed by atoms with Crippen LogP contribution in [-0.2, 0) is 11.2 Å². The molecule has 3 nitrogen and oxygen atoms in total. The molecule has 1 aromatic carbocycles. The standard InChI is InChI=1S/C13H16N2O.ClH/c14-6-5-11(16)15-13-10-7-8-3-1-2-4-9(8)12(10)13;/h1-4,10,12-13H,5-7,14H2,(H,15,16);1H. The molecule has 1 amide bonds. The van der Waals surface area contributed by atoms with Gasteiger partial charge in [-0.2, -0.15) is 0 Å². The minimum Gasteiger partial charge on any atom is -0.352 e. The molecular formula is C13H17ClN2O. The van der Waals surface area contributed by atoms with Crippen LogP contribution in [0.25, 0.3) is 0 Å². The van der Waals surface area contributed by atoms with Gasteiger partial charge in [0, 0.05) is 24.9 Å². The number of benzene rings is 1. The number of fused-ring (bicyclic) bond motifs is 3. The summed E-state index contributed by atoms with van der Waals surface area (Å²) in [5, 5.41) is 3.08. The third kappa shape index (κ3) is 2.05. The zero-order valence-corrected chi connectivity index (χ0v) is 10.4. The van der Waals surface area contributed by atoms with Gasteiger partial charge in [-0.15, -0.1) is 12.4 Å². The van der Waals surface area contributed by atoms with Crippen LogP contribution in [0.5, 0.6) is 0 Å². The van der Waals surface area contributed by atoms with Crippen LogP contribution in [0.1, 0.15) is 23.5 Å². The van der Waals surface area contributed by atoms with E-state index in [1.807, 2.05) is 0 Å². The van der Waals surface area contributed by atoms with Crippen LogP contribution in [0.2, 0.25) is 0 Å². The zero-order chi connectivity index (χ0) is 11.1. The summed E-state index contributed by atoms with van der Waals surface area (Å²) in [5.74, 6) is 1.30. The number of hydrogen-bond acceptors (Lipinski definition) is 2. The van der Waals surface area contributed by atoms with Crippen LogP contribution in [0.3, 0.4) is 0 Å². The number of rotatable bonds is 3. The van der Waals surface area contributed by atoms with Gasteiger partial charge in [0.2, 0.25) is 5.91 Å². The second-order valence-electron chi connectivity index (χ2n) is 4.72. The van der Waals surface area contributed by atoms with Crippen LogP contribution in [0.15, 0.2) is 24.3 Å². The highest BCUT2D eigenvalue weighted by Crippen LogP contribution is 2.56. The molecule has 0 aromatic heterocycles. The molecular weight excluding hydrogens is 236 g/mol. The van der Waals surface area contributed by atoms with E-state index in [2.05, 4.69) is 29.6 Å². The summed E-state index contributed by atoms with van der Waals surface area (Å²) in [5.41, 5.74) is 8.25. The number of carbonyl (C=O) groups is 1. The third-order valence-electron chi connectivity index (χ3n) is 3.74. The molecule has 17 heavy (non-hydrogen) atoms. The summed E-state index contributed by atoms with van der Waals surface area (Å²) >= 11 is 0. The van der Waals surface area contributed by atoms with Crippen molar-refractivity contribution >= 4 is 18.3 Å². The predicted molar refractivity (Wildman–Crippen MR) is 69.2 cm³/mol.